The molecule has 7 heteroatoms. The number of benzene rings is 1. The number of aromatic amines is 1. The molecule has 168 valence electrons. The van der Waals surface area contributed by atoms with Gasteiger partial charge in [0.05, 0.1) is 11.9 Å². The number of aryl methyl sites for hydroxylation is 2. The Balaban J connectivity index is 1.50. The first kappa shape index (κ1) is 21.1. The van der Waals surface area contributed by atoms with Gasteiger partial charge in [-0.15, -0.1) is 0 Å². The van der Waals surface area contributed by atoms with Gasteiger partial charge in [0, 0.05) is 52.7 Å². The minimum atomic E-state index is -0.222. The molecule has 0 saturated heterocycles. The van der Waals surface area contributed by atoms with Crippen LogP contribution in [-0.2, 0) is 6.42 Å². The van der Waals surface area contributed by atoms with E-state index < -0.39 is 0 Å². The third-order valence-corrected chi connectivity index (χ3v) is 6.05. The van der Waals surface area contributed by atoms with Crippen molar-refractivity contribution in [1.82, 2.24) is 24.6 Å². The molecular formula is C26H27FN6. The number of nitrogens with zero attached hydrogens (tertiary/aromatic N) is 4. The van der Waals surface area contributed by atoms with Crippen LogP contribution < -0.4 is 5.32 Å². The van der Waals surface area contributed by atoms with Gasteiger partial charge in [-0.3, -0.25) is 4.98 Å². The lowest BCUT2D eigenvalue weighted by Gasteiger charge is -2.12. The van der Waals surface area contributed by atoms with Gasteiger partial charge in [0.15, 0.2) is 5.65 Å². The summed E-state index contributed by atoms with van der Waals surface area (Å²) >= 11 is 0. The fourth-order valence-corrected chi connectivity index (χ4v) is 4.35. The lowest BCUT2D eigenvalue weighted by Crippen LogP contribution is -2.10. The van der Waals surface area contributed by atoms with E-state index in [1.54, 1.807) is 12.1 Å². The number of H-pyrrole nitrogens is 1. The van der Waals surface area contributed by atoms with Crippen molar-refractivity contribution in [3.8, 4) is 11.3 Å². The monoisotopic (exact) mass is 442 g/mol. The zero-order valence-electron chi connectivity index (χ0n) is 19.3. The number of halogens is 1. The maximum atomic E-state index is 13.8. The largest absolute Gasteiger partial charge is 0.370 e. The van der Waals surface area contributed by atoms with Gasteiger partial charge in [0.2, 0.25) is 0 Å². The van der Waals surface area contributed by atoms with E-state index in [9.17, 15) is 4.39 Å². The summed E-state index contributed by atoms with van der Waals surface area (Å²) in [5.74, 6) is 0.949. The van der Waals surface area contributed by atoms with E-state index in [0.29, 0.717) is 12.5 Å². The average molecular weight is 443 g/mol. The van der Waals surface area contributed by atoms with Crippen LogP contribution >= 0.6 is 0 Å². The molecule has 0 radical (unpaired) electrons. The predicted molar refractivity (Wildman–Crippen MR) is 130 cm³/mol. The molecule has 0 fully saturated rings. The van der Waals surface area contributed by atoms with Gasteiger partial charge in [0.25, 0.3) is 0 Å². The Morgan fingerprint density at radius 2 is 1.94 bits per heavy atom. The highest BCUT2D eigenvalue weighted by Gasteiger charge is 2.16. The average Bonchev–Trinajstić information content (AvgIpc) is 3.35. The second kappa shape index (κ2) is 8.31. The molecule has 6 nitrogen and oxygen atoms in total. The van der Waals surface area contributed by atoms with E-state index in [0.717, 1.165) is 62.4 Å². The van der Waals surface area contributed by atoms with Crippen molar-refractivity contribution in [3.63, 3.8) is 0 Å². The first-order valence-electron chi connectivity index (χ1n) is 11.2. The van der Waals surface area contributed by atoms with Crippen LogP contribution in [0, 0.1) is 19.7 Å². The van der Waals surface area contributed by atoms with Crippen LogP contribution in [0.1, 0.15) is 42.1 Å². The van der Waals surface area contributed by atoms with Crippen LogP contribution in [-0.4, -0.2) is 31.1 Å². The topological polar surface area (TPSA) is 70.9 Å². The summed E-state index contributed by atoms with van der Waals surface area (Å²) in [6.45, 7) is 9.02. The Bertz CT molecular complexity index is 1460. The molecule has 0 spiro atoms. The molecular weight excluding hydrogens is 415 g/mol. The van der Waals surface area contributed by atoms with Crippen LogP contribution in [0.5, 0.6) is 0 Å². The standard InChI is InChI=1S/C26H27FN6/c1-15(2)22-14-30-33-25(11-24(32-26(22)33)18-9-16(3)12-28-13-18)29-8-7-20-17(4)31-23-6-5-19(27)10-21(20)23/h5-6,9-15,29,31H,7-8H2,1-4H3. The number of anilines is 1. The highest BCUT2D eigenvalue weighted by atomic mass is 19.1. The SMILES string of the molecule is Cc1cncc(-c2cc(NCCc3c(C)[nH]c4ccc(F)cc34)n3ncc(C(C)C)c3n2)c1. The van der Waals surface area contributed by atoms with Gasteiger partial charge in [-0.25, -0.2) is 9.37 Å². The van der Waals surface area contributed by atoms with Crippen molar-refractivity contribution in [2.24, 2.45) is 0 Å². The second-order valence-corrected chi connectivity index (χ2v) is 8.86. The van der Waals surface area contributed by atoms with Gasteiger partial charge in [0.1, 0.15) is 11.6 Å². The van der Waals surface area contributed by atoms with Crippen LogP contribution in [0.2, 0.25) is 0 Å². The van der Waals surface area contributed by atoms with Crippen LogP contribution in [0.3, 0.4) is 0 Å². The quantitative estimate of drug-likeness (QED) is 0.348. The zero-order chi connectivity index (χ0) is 23.1. The number of pyridine rings is 1. The molecule has 0 aliphatic carbocycles. The van der Waals surface area contributed by atoms with Crippen molar-refractivity contribution in [1.29, 1.82) is 0 Å². The zero-order valence-corrected chi connectivity index (χ0v) is 19.3. The molecule has 1 aromatic carbocycles. The van der Waals surface area contributed by atoms with Crippen LogP contribution in [0.15, 0.2) is 48.9 Å². The Morgan fingerprint density at radius 3 is 2.73 bits per heavy atom. The molecule has 0 amide bonds. The summed E-state index contributed by atoms with van der Waals surface area (Å²) in [4.78, 5) is 12.6. The fraction of sp³-hybridized carbons (Fsp3) is 0.269. The molecule has 0 aliphatic rings. The van der Waals surface area contributed by atoms with Crippen LogP contribution in [0.4, 0.5) is 10.2 Å². The van der Waals surface area contributed by atoms with E-state index in [1.807, 2.05) is 43.0 Å². The minimum absolute atomic E-state index is 0.222. The molecule has 4 aromatic heterocycles. The molecule has 5 rings (SSSR count). The van der Waals surface area contributed by atoms with Crippen molar-refractivity contribution in [2.45, 2.75) is 40.0 Å². The third-order valence-electron chi connectivity index (χ3n) is 6.05. The number of nitrogens with one attached hydrogen (secondary N) is 2. The van der Waals surface area contributed by atoms with Crippen molar-refractivity contribution < 1.29 is 4.39 Å². The summed E-state index contributed by atoms with van der Waals surface area (Å²) in [6, 6.07) is 8.98. The van der Waals surface area contributed by atoms with Gasteiger partial charge in [-0.1, -0.05) is 13.8 Å². The molecule has 0 bridgehead atoms. The maximum absolute atomic E-state index is 13.8. The van der Waals surface area contributed by atoms with Crippen LogP contribution in [0.25, 0.3) is 27.8 Å². The Hall–Kier alpha value is -3.74. The Kier molecular flexibility index (Phi) is 5.32. The van der Waals surface area contributed by atoms with Crippen molar-refractivity contribution in [2.75, 3.05) is 11.9 Å². The number of fused-ring (bicyclic) bond motifs is 2. The summed E-state index contributed by atoms with van der Waals surface area (Å²) in [5, 5.41) is 9.08. The number of hydrogen-bond donors (Lipinski definition) is 2. The highest BCUT2D eigenvalue weighted by molar-refractivity contribution is 5.84. The fourth-order valence-electron chi connectivity index (χ4n) is 4.35. The molecule has 0 saturated carbocycles. The summed E-state index contributed by atoms with van der Waals surface area (Å²) in [6.07, 6.45) is 6.32. The molecule has 4 heterocycles. The summed E-state index contributed by atoms with van der Waals surface area (Å²) < 4.78 is 15.7. The van der Waals surface area contributed by atoms with E-state index in [4.69, 9.17) is 4.98 Å². The number of aromatic nitrogens is 5. The maximum Gasteiger partial charge on any atom is 0.161 e. The van der Waals surface area contributed by atoms with E-state index >= 15 is 0 Å². The van der Waals surface area contributed by atoms with Crippen molar-refractivity contribution >= 4 is 22.4 Å². The first-order valence-corrected chi connectivity index (χ1v) is 11.2. The van der Waals surface area contributed by atoms with Gasteiger partial charge in [-0.05, 0) is 61.6 Å². The van der Waals surface area contributed by atoms with E-state index in [2.05, 4.69) is 40.3 Å². The van der Waals surface area contributed by atoms with Gasteiger partial charge in [-0.2, -0.15) is 9.61 Å². The lowest BCUT2D eigenvalue weighted by atomic mass is 10.1. The lowest BCUT2D eigenvalue weighted by molar-refractivity contribution is 0.629. The van der Waals surface area contributed by atoms with Gasteiger partial charge >= 0.3 is 0 Å². The minimum Gasteiger partial charge on any atom is -0.370 e. The Labute approximate surface area is 191 Å². The molecule has 0 aliphatic heterocycles. The highest BCUT2D eigenvalue weighted by Crippen LogP contribution is 2.28. The Morgan fingerprint density at radius 1 is 1.09 bits per heavy atom. The molecule has 5 aromatic rings. The first-order chi connectivity index (χ1) is 15.9. The van der Waals surface area contributed by atoms with Crippen molar-refractivity contribution in [3.05, 3.63) is 77.1 Å². The van der Waals surface area contributed by atoms with E-state index in [-0.39, 0.29) is 5.82 Å². The second-order valence-electron chi connectivity index (χ2n) is 8.86. The molecule has 0 unspecified atom stereocenters. The normalized spacial score (nSPS) is 11.7. The molecule has 33 heavy (non-hydrogen) atoms. The number of hydrogen-bond acceptors (Lipinski definition) is 4. The van der Waals surface area contributed by atoms with E-state index in [1.165, 1.54) is 6.07 Å². The molecule has 0 atom stereocenters. The summed E-state index contributed by atoms with van der Waals surface area (Å²) in [7, 11) is 0. The molecule has 2 N–H and O–H groups in total. The summed E-state index contributed by atoms with van der Waals surface area (Å²) in [5.41, 5.74) is 7.99. The van der Waals surface area contributed by atoms with Gasteiger partial charge < -0.3 is 10.3 Å². The predicted octanol–water partition coefficient (Wildman–Crippen LogP) is 5.81. The number of rotatable bonds is 6. The smallest absolute Gasteiger partial charge is 0.161 e. The third kappa shape index (κ3) is 3.95.